The third-order valence-electron chi connectivity index (χ3n) is 2.89. The SMILES string of the molecule is NC(=O)c1ccc2c(c1)N=CC1C=CC=CN21. The van der Waals surface area contributed by atoms with E-state index in [0.717, 1.165) is 11.4 Å². The van der Waals surface area contributed by atoms with Gasteiger partial charge in [0.1, 0.15) is 0 Å². The number of hydrogen-bond donors (Lipinski definition) is 1. The number of primary amides is 1. The molecule has 0 aliphatic carbocycles. The molecule has 0 saturated heterocycles. The van der Waals surface area contributed by atoms with E-state index in [0.29, 0.717) is 5.56 Å². The van der Waals surface area contributed by atoms with Gasteiger partial charge in [-0.15, -0.1) is 0 Å². The van der Waals surface area contributed by atoms with Crippen molar-refractivity contribution in [2.75, 3.05) is 4.90 Å². The molecule has 0 saturated carbocycles. The zero-order valence-electron chi connectivity index (χ0n) is 9.08. The lowest BCUT2D eigenvalue weighted by Gasteiger charge is -2.31. The molecule has 17 heavy (non-hydrogen) atoms. The van der Waals surface area contributed by atoms with Gasteiger partial charge in [-0.2, -0.15) is 0 Å². The maximum atomic E-state index is 11.1. The summed E-state index contributed by atoms with van der Waals surface area (Å²) in [6.07, 6.45) is 9.89. The van der Waals surface area contributed by atoms with Crippen molar-refractivity contribution in [2.24, 2.45) is 10.7 Å². The van der Waals surface area contributed by atoms with E-state index < -0.39 is 5.91 Å². The van der Waals surface area contributed by atoms with Gasteiger partial charge < -0.3 is 10.6 Å². The summed E-state index contributed by atoms with van der Waals surface area (Å²) in [6.45, 7) is 0. The number of rotatable bonds is 1. The molecule has 2 aliphatic heterocycles. The first-order valence-electron chi connectivity index (χ1n) is 5.37. The van der Waals surface area contributed by atoms with Crippen LogP contribution < -0.4 is 10.6 Å². The molecule has 2 N–H and O–H groups in total. The Labute approximate surface area is 98.8 Å². The number of carbonyl (C=O) groups is 1. The van der Waals surface area contributed by atoms with Crippen LogP contribution in [0.3, 0.4) is 0 Å². The van der Waals surface area contributed by atoms with Crippen LogP contribution in [0, 0.1) is 0 Å². The van der Waals surface area contributed by atoms with Gasteiger partial charge in [0.25, 0.3) is 0 Å². The molecule has 0 spiro atoms. The van der Waals surface area contributed by atoms with Gasteiger partial charge in [0, 0.05) is 18.0 Å². The highest BCUT2D eigenvalue weighted by Gasteiger charge is 2.21. The summed E-state index contributed by atoms with van der Waals surface area (Å²) in [7, 11) is 0. The molecule has 1 atom stereocenters. The van der Waals surface area contributed by atoms with Crippen molar-refractivity contribution in [3.05, 3.63) is 48.2 Å². The van der Waals surface area contributed by atoms with E-state index in [-0.39, 0.29) is 6.04 Å². The van der Waals surface area contributed by atoms with Gasteiger partial charge in [-0.3, -0.25) is 9.79 Å². The molecule has 3 rings (SSSR count). The van der Waals surface area contributed by atoms with Gasteiger partial charge in [0.05, 0.1) is 17.4 Å². The lowest BCUT2D eigenvalue weighted by Crippen LogP contribution is -2.33. The van der Waals surface area contributed by atoms with Gasteiger partial charge in [-0.1, -0.05) is 12.2 Å². The smallest absolute Gasteiger partial charge is 0.248 e. The quantitative estimate of drug-likeness (QED) is 0.791. The third-order valence-corrected chi connectivity index (χ3v) is 2.89. The minimum absolute atomic E-state index is 0.159. The maximum Gasteiger partial charge on any atom is 0.248 e. The van der Waals surface area contributed by atoms with Crippen molar-refractivity contribution in [3.63, 3.8) is 0 Å². The lowest BCUT2D eigenvalue weighted by atomic mass is 10.1. The second kappa shape index (κ2) is 3.59. The average Bonchev–Trinajstić information content (AvgIpc) is 2.38. The fourth-order valence-electron chi connectivity index (χ4n) is 2.03. The zero-order valence-corrected chi connectivity index (χ0v) is 9.08. The molecule has 4 nitrogen and oxygen atoms in total. The predicted octanol–water partition coefficient (Wildman–Crippen LogP) is 1.76. The Bertz CT molecular complexity index is 572. The molecule has 1 unspecified atom stereocenters. The van der Waals surface area contributed by atoms with Crippen LogP contribution in [0.5, 0.6) is 0 Å². The second-order valence-electron chi connectivity index (χ2n) is 3.97. The van der Waals surface area contributed by atoms with Crippen LogP contribution in [0.4, 0.5) is 11.4 Å². The molecule has 0 bridgehead atoms. The van der Waals surface area contributed by atoms with Crippen molar-refractivity contribution < 1.29 is 4.79 Å². The first kappa shape index (κ1) is 9.84. The number of aliphatic imine (C=N–C) groups is 1. The summed E-state index contributed by atoms with van der Waals surface area (Å²) in [6, 6.07) is 5.48. The lowest BCUT2D eigenvalue weighted by molar-refractivity contribution is 0.100. The van der Waals surface area contributed by atoms with Crippen molar-refractivity contribution in [2.45, 2.75) is 6.04 Å². The fourth-order valence-corrected chi connectivity index (χ4v) is 2.03. The monoisotopic (exact) mass is 225 g/mol. The molecule has 0 aromatic heterocycles. The average molecular weight is 225 g/mol. The Morgan fingerprint density at radius 2 is 2.24 bits per heavy atom. The highest BCUT2D eigenvalue weighted by atomic mass is 16.1. The molecular weight excluding hydrogens is 214 g/mol. The summed E-state index contributed by atoms with van der Waals surface area (Å²) in [4.78, 5) is 17.6. The summed E-state index contributed by atoms with van der Waals surface area (Å²) >= 11 is 0. The number of nitrogens with two attached hydrogens (primary N) is 1. The molecule has 84 valence electrons. The van der Waals surface area contributed by atoms with Crippen LogP contribution in [0.2, 0.25) is 0 Å². The number of nitrogens with zero attached hydrogens (tertiary/aromatic N) is 2. The van der Waals surface area contributed by atoms with Crippen LogP contribution in [0.1, 0.15) is 10.4 Å². The van der Waals surface area contributed by atoms with E-state index in [1.54, 1.807) is 12.1 Å². The normalized spacial score (nSPS) is 20.0. The molecular formula is C13H11N3O. The molecule has 1 aromatic carbocycles. The summed E-state index contributed by atoms with van der Waals surface area (Å²) in [5.41, 5.74) is 7.50. The van der Waals surface area contributed by atoms with Crippen LogP contribution in [0.25, 0.3) is 0 Å². The Morgan fingerprint density at radius 1 is 1.35 bits per heavy atom. The Kier molecular flexibility index (Phi) is 2.08. The van der Waals surface area contributed by atoms with Crippen LogP contribution in [-0.4, -0.2) is 18.2 Å². The standard InChI is InChI=1S/C13H11N3O/c14-13(17)9-4-5-12-11(7-9)15-8-10-3-1-2-6-16(10)12/h1-8,10H,(H2,14,17). The molecule has 0 fully saturated rings. The number of carbonyl (C=O) groups excluding carboxylic acids is 1. The van der Waals surface area contributed by atoms with Gasteiger partial charge in [0.2, 0.25) is 5.91 Å². The summed E-state index contributed by atoms with van der Waals surface area (Å²) in [5, 5.41) is 0. The van der Waals surface area contributed by atoms with E-state index in [1.807, 2.05) is 30.6 Å². The molecule has 0 radical (unpaired) electrons. The van der Waals surface area contributed by atoms with Gasteiger partial charge in [0.15, 0.2) is 0 Å². The van der Waals surface area contributed by atoms with Crippen molar-refractivity contribution in [1.82, 2.24) is 0 Å². The highest BCUT2D eigenvalue weighted by molar-refractivity contribution is 5.96. The van der Waals surface area contributed by atoms with E-state index in [9.17, 15) is 4.79 Å². The maximum absolute atomic E-state index is 11.1. The topological polar surface area (TPSA) is 58.7 Å². The van der Waals surface area contributed by atoms with Crippen LogP contribution in [0.15, 0.2) is 47.6 Å². The number of amides is 1. The second-order valence-corrected chi connectivity index (χ2v) is 3.97. The van der Waals surface area contributed by atoms with Gasteiger partial charge in [-0.25, -0.2) is 0 Å². The van der Waals surface area contributed by atoms with Crippen LogP contribution in [-0.2, 0) is 0 Å². The molecule has 1 amide bonds. The Balaban J connectivity index is 2.09. The van der Waals surface area contributed by atoms with Gasteiger partial charge in [-0.05, 0) is 24.3 Å². The van der Waals surface area contributed by atoms with E-state index in [4.69, 9.17) is 5.73 Å². The van der Waals surface area contributed by atoms with Crippen molar-refractivity contribution in [3.8, 4) is 0 Å². The summed E-state index contributed by atoms with van der Waals surface area (Å²) in [5.74, 6) is -0.431. The first-order valence-corrected chi connectivity index (χ1v) is 5.37. The zero-order chi connectivity index (χ0) is 11.8. The number of benzene rings is 1. The van der Waals surface area contributed by atoms with E-state index in [2.05, 4.69) is 16.0 Å². The number of hydrogen-bond acceptors (Lipinski definition) is 3. The molecule has 4 heteroatoms. The minimum atomic E-state index is -0.431. The first-order chi connectivity index (χ1) is 8.25. The number of anilines is 1. The predicted molar refractivity (Wildman–Crippen MR) is 67.7 cm³/mol. The number of fused-ring (bicyclic) bond motifs is 3. The van der Waals surface area contributed by atoms with E-state index >= 15 is 0 Å². The third kappa shape index (κ3) is 1.54. The van der Waals surface area contributed by atoms with Crippen molar-refractivity contribution in [1.29, 1.82) is 0 Å². The number of allylic oxidation sites excluding steroid dienone is 2. The fraction of sp³-hybridized carbons (Fsp3) is 0.0769. The highest BCUT2D eigenvalue weighted by Crippen LogP contribution is 2.35. The van der Waals surface area contributed by atoms with E-state index in [1.165, 1.54) is 0 Å². The summed E-state index contributed by atoms with van der Waals surface area (Å²) < 4.78 is 0. The molecule has 2 aliphatic rings. The van der Waals surface area contributed by atoms with Gasteiger partial charge >= 0.3 is 0 Å². The Hall–Kier alpha value is -2.36. The van der Waals surface area contributed by atoms with Crippen LogP contribution >= 0.6 is 0 Å². The molecule has 2 heterocycles. The largest absolute Gasteiger partial charge is 0.366 e. The minimum Gasteiger partial charge on any atom is -0.366 e. The Morgan fingerprint density at radius 3 is 3.06 bits per heavy atom. The molecule has 1 aromatic rings. The van der Waals surface area contributed by atoms with Crippen molar-refractivity contribution >= 4 is 23.5 Å².